The highest BCUT2D eigenvalue weighted by atomic mass is 15.2. The van der Waals surface area contributed by atoms with Gasteiger partial charge in [-0.25, -0.2) is 4.99 Å². The molecule has 0 heterocycles. The Balaban J connectivity index is 2.46. The Labute approximate surface area is 106 Å². The van der Waals surface area contributed by atoms with Crippen molar-refractivity contribution in [1.29, 1.82) is 0 Å². The first-order valence-corrected chi connectivity index (χ1v) is 7.36. The fraction of sp³-hybridized carbons (Fsp3) is 0.929. The number of hydrogen-bond acceptors (Lipinski definition) is 1. The van der Waals surface area contributed by atoms with E-state index >= 15 is 0 Å². The Morgan fingerprint density at radius 3 is 2.12 bits per heavy atom. The number of hydrogen-bond donors (Lipinski definition) is 1. The van der Waals surface area contributed by atoms with Crippen LogP contribution >= 0.6 is 0 Å². The molecule has 0 unspecified atom stereocenters. The van der Waals surface area contributed by atoms with Crippen molar-refractivity contribution in [3.8, 4) is 0 Å². The molecule has 0 radical (unpaired) electrons. The number of aliphatic imine (C=N–C) groups is 1. The van der Waals surface area contributed by atoms with Crippen LogP contribution < -0.4 is 5.73 Å². The number of nitrogens with zero attached hydrogens (tertiary/aromatic N) is 2. The average molecular weight is 239 g/mol. The maximum Gasteiger partial charge on any atom is 0.191 e. The van der Waals surface area contributed by atoms with Crippen molar-refractivity contribution in [2.75, 3.05) is 13.1 Å². The third-order valence-corrected chi connectivity index (χ3v) is 3.53. The molecule has 1 rings (SSSR count). The Morgan fingerprint density at radius 2 is 1.65 bits per heavy atom. The first kappa shape index (κ1) is 14.3. The van der Waals surface area contributed by atoms with Crippen LogP contribution in [0.3, 0.4) is 0 Å². The molecule has 100 valence electrons. The average Bonchev–Trinajstić information content (AvgIpc) is 2.82. The van der Waals surface area contributed by atoms with Crippen molar-refractivity contribution in [2.45, 2.75) is 71.3 Å². The zero-order valence-corrected chi connectivity index (χ0v) is 11.6. The summed E-state index contributed by atoms with van der Waals surface area (Å²) in [4.78, 5) is 6.99. The molecule has 1 aliphatic carbocycles. The summed E-state index contributed by atoms with van der Waals surface area (Å²) < 4.78 is 0. The predicted molar refractivity (Wildman–Crippen MR) is 75.3 cm³/mol. The van der Waals surface area contributed by atoms with E-state index in [1.165, 1.54) is 51.4 Å². The molecule has 1 fully saturated rings. The highest BCUT2D eigenvalue weighted by molar-refractivity contribution is 5.78. The van der Waals surface area contributed by atoms with Gasteiger partial charge in [0, 0.05) is 13.1 Å². The van der Waals surface area contributed by atoms with Gasteiger partial charge in [-0.15, -0.1) is 0 Å². The summed E-state index contributed by atoms with van der Waals surface area (Å²) in [5.74, 6) is 0.791. The number of rotatable bonds is 7. The van der Waals surface area contributed by atoms with E-state index in [1.54, 1.807) is 0 Å². The molecule has 0 spiro atoms. The summed E-state index contributed by atoms with van der Waals surface area (Å²) in [6, 6.07) is 0.501. The third kappa shape index (κ3) is 5.42. The Bertz CT molecular complexity index is 212. The van der Waals surface area contributed by atoms with Gasteiger partial charge < -0.3 is 10.6 Å². The van der Waals surface area contributed by atoms with Gasteiger partial charge in [-0.1, -0.05) is 39.5 Å². The lowest BCUT2D eigenvalue weighted by atomic mass is 10.2. The summed E-state index contributed by atoms with van der Waals surface area (Å²) in [5, 5.41) is 0. The van der Waals surface area contributed by atoms with Gasteiger partial charge in [0.1, 0.15) is 0 Å². The van der Waals surface area contributed by atoms with Gasteiger partial charge in [0.25, 0.3) is 0 Å². The fourth-order valence-electron chi connectivity index (χ4n) is 2.34. The summed E-state index contributed by atoms with van der Waals surface area (Å²) in [6.07, 6.45) is 9.98. The Morgan fingerprint density at radius 1 is 1.12 bits per heavy atom. The molecule has 0 aromatic heterocycles. The van der Waals surface area contributed by atoms with Crippen LogP contribution in [0.5, 0.6) is 0 Å². The van der Waals surface area contributed by atoms with E-state index < -0.39 is 0 Å². The lowest BCUT2D eigenvalue weighted by Crippen LogP contribution is -2.39. The first-order valence-electron chi connectivity index (χ1n) is 7.36. The molecule has 2 N–H and O–H groups in total. The van der Waals surface area contributed by atoms with Gasteiger partial charge in [-0.05, 0) is 25.7 Å². The maximum atomic E-state index is 6.16. The van der Waals surface area contributed by atoms with Crippen LogP contribution in [0.1, 0.15) is 65.2 Å². The van der Waals surface area contributed by atoms with Crippen molar-refractivity contribution in [2.24, 2.45) is 10.7 Å². The fourth-order valence-corrected chi connectivity index (χ4v) is 2.34. The molecular weight excluding hydrogens is 210 g/mol. The van der Waals surface area contributed by atoms with E-state index in [9.17, 15) is 0 Å². The smallest absolute Gasteiger partial charge is 0.191 e. The predicted octanol–water partition coefficient (Wildman–Crippen LogP) is 3.15. The molecule has 1 saturated carbocycles. The normalized spacial score (nSPS) is 17.6. The van der Waals surface area contributed by atoms with Crippen LogP contribution in [0.25, 0.3) is 0 Å². The molecule has 17 heavy (non-hydrogen) atoms. The molecule has 0 aromatic carbocycles. The van der Waals surface area contributed by atoms with E-state index in [4.69, 9.17) is 10.7 Å². The van der Waals surface area contributed by atoms with Crippen molar-refractivity contribution >= 4 is 5.96 Å². The lowest BCUT2D eigenvalue weighted by Gasteiger charge is -2.24. The Hall–Kier alpha value is -0.730. The van der Waals surface area contributed by atoms with Crippen molar-refractivity contribution < 1.29 is 0 Å². The number of nitrogens with two attached hydrogens (primary N) is 1. The molecule has 0 bridgehead atoms. The Kier molecular flexibility index (Phi) is 7.06. The molecule has 0 aliphatic heterocycles. The van der Waals surface area contributed by atoms with Gasteiger partial charge in [0.05, 0.1) is 6.04 Å². The molecule has 3 heteroatoms. The summed E-state index contributed by atoms with van der Waals surface area (Å²) >= 11 is 0. The van der Waals surface area contributed by atoms with Gasteiger partial charge in [0.15, 0.2) is 5.96 Å². The second-order valence-electron chi connectivity index (χ2n) is 5.12. The number of unbranched alkanes of at least 4 members (excludes halogenated alkanes) is 2. The standard InChI is InChI=1S/C14H29N3/c1-3-5-11-17(12-6-4-2)14(15)16-13-9-7-8-10-13/h13H,3-12H2,1-2H3,(H2,15,16). The van der Waals surface area contributed by atoms with Crippen LogP contribution in [0.4, 0.5) is 0 Å². The third-order valence-electron chi connectivity index (χ3n) is 3.53. The van der Waals surface area contributed by atoms with Gasteiger partial charge in [-0.2, -0.15) is 0 Å². The van der Waals surface area contributed by atoms with Crippen LogP contribution in [-0.2, 0) is 0 Å². The zero-order valence-electron chi connectivity index (χ0n) is 11.6. The second kappa shape index (κ2) is 8.37. The van der Waals surface area contributed by atoms with Crippen molar-refractivity contribution in [1.82, 2.24) is 4.90 Å². The van der Waals surface area contributed by atoms with E-state index in [-0.39, 0.29) is 0 Å². The van der Waals surface area contributed by atoms with Crippen LogP contribution in [0, 0.1) is 0 Å². The SMILES string of the molecule is CCCCN(CCCC)C(N)=NC1CCCC1. The maximum absolute atomic E-state index is 6.16. The quantitative estimate of drug-likeness (QED) is 0.548. The minimum absolute atomic E-state index is 0.501. The van der Waals surface area contributed by atoms with Crippen LogP contribution in [0.2, 0.25) is 0 Å². The monoisotopic (exact) mass is 239 g/mol. The molecule has 1 aliphatic rings. The topological polar surface area (TPSA) is 41.6 Å². The van der Waals surface area contributed by atoms with Gasteiger partial charge in [-0.3, -0.25) is 0 Å². The van der Waals surface area contributed by atoms with Crippen molar-refractivity contribution in [3.63, 3.8) is 0 Å². The molecule has 3 nitrogen and oxygen atoms in total. The highest BCUT2D eigenvalue weighted by Gasteiger charge is 2.15. The molecule has 0 atom stereocenters. The summed E-state index contributed by atoms with van der Waals surface area (Å²) in [6.45, 7) is 6.59. The second-order valence-corrected chi connectivity index (χ2v) is 5.12. The summed E-state index contributed by atoms with van der Waals surface area (Å²) in [7, 11) is 0. The molecule has 0 amide bonds. The first-order chi connectivity index (χ1) is 8.27. The van der Waals surface area contributed by atoms with E-state index in [2.05, 4.69) is 18.7 Å². The van der Waals surface area contributed by atoms with Crippen molar-refractivity contribution in [3.05, 3.63) is 0 Å². The van der Waals surface area contributed by atoms with Gasteiger partial charge >= 0.3 is 0 Å². The van der Waals surface area contributed by atoms with Crippen LogP contribution in [0.15, 0.2) is 4.99 Å². The molecule has 0 saturated heterocycles. The zero-order chi connectivity index (χ0) is 12.5. The largest absolute Gasteiger partial charge is 0.370 e. The van der Waals surface area contributed by atoms with E-state index in [1.807, 2.05) is 0 Å². The molecule has 0 aromatic rings. The van der Waals surface area contributed by atoms with Crippen LogP contribution in [-0.4, -0.2) is 30.0 Å². The highest BCUT2D eigenvalue weighted by Crippen LogP contribution is 2.21. The summed E-state index contributed by atoms with van der Waals surface area (Å²) in [5.41, 5.74) is 6.16. The minimum atomic E-state index is 0.501. The molecular formula is C14H29N3. The van der Waals surface area contributed by atoms with E-state index in [0.29, 0.717) is 6.04 Å². The number of guanidine groups is 1. The van der Waals surface area contributed by atoms with E-state index in [0.717, 1.165) is 19.0 Å². The lowest BCUT2D eigenvalue weighted by molar-refractivity contribution is 0.390. The minimum Gasteiger partial charge on any atom is -0.370 e. The van der Waals surface area contributed by atoms with Gasteiger partial charge in [0.2, 0.25) is 0 Å².